The van der Waals surface area contributed by atoms with Crippen LogP contribution < -0.4 is 5.73 Å². The molecule has 2 unspecified atom stereocenters. The fourth-order valence-electron chi connectivity index (χ4n) is 0.817. The molecule has 2 N–H and O–H groups in total. The van der Waals surface area contributed by atoms with E-state index < -0.39 is 0 Å². The summed E-state index contributed by atoms with van der Waals surface area (Å²) >= 11 is 0. The second-order valence-electron chi connectivity index (χ2n) is 2.40. The van der Waals surface area contributed by atoms with Crippen molar-refractivity contribution < 1.29 is 4.74 Å². The molecule has 3 heteroatoms. The van der Waals surface area contributed by atoms with Crippen molar-refractivity contribution in [1.29, 1.82) is 0 Å². The number of ether oxygens (including phenoxy) is 1. The number of nitrogens with zero attached hydrogens (tertiary/aromatic N) is 1. The number of rotatable bonds is 1. The summed E-state index contributed by atoms with van der Waals surface area (Å²) in [5.74, 6) is 1.08. The molecule has 0 radical (unpaired) electrons. The molecule has 1 rings (SSSR count). The molecule has 1 aliphatic rings. The van der Waals surface area contributed by atoms with E-state index in [1.807, 2.05) is 13.0 Å². The molecule has 0 spiro atoms. The summed E-state index contributed by atoms with van der Waals surface area (Å²) in [5.41, 5.74) is 5.60. The van der Waals surface area contributed by atoms with Crippen molar-refractivity contribution in [1.82, 2.24) is 0 Å². The van der Waals surface area contributed by atoms with Gasteiger partial charge in [0.1, 0.15) is 11.9 Å². The second kappa shape index (κ2) is 2.84. The maximum atomic E-state index is 5.60. The Kier molecular flexibility index (Phi) is 2.06. The predicted molar refractivity (Wildman–Crippen MR) is 40.7 cm³/mol. The Labute approximate surface area is 60.6 Å². The minimum atomic E-state index is -0.0982. The summed E-state index contributed by atoms with van der Waals surface area (Å²) in [6, 6.07) is 0. The summed E-state index contributed by atoms with van der Waals surface area (Å²) in [4.78, 5) is 4.02. The first-order valence-electron chi connectivity index (χ1n) is 3.28. The third kappa shape index (κ3) is 1.36. The molecule has 2 atom stereocenters. The largest absolute Gasteiger partial charge is 0.495 e. The molecule has 0 fully saturated rings. The molecule has 1 heterocycles. The van der Waals surface area contributed by atoms with Gasteiger partial charge in [0.15, 0.2) is 0 Å². The van der Waals surface area contributed by atoms with Crippen molar-refractivity contribution in [2.75, 3.05) is 7.11 Å². The fourth-order valence-corrected chi connectivity index (χ4v) is 0.817. The Balaban J connectivity index is 2.66. The van der Waals surface area contributed by atoms with Crippen molar-refractivity contribution in [3.05, 3.63) is 11.8 Å². The number of methoxy groups -OCH3 is 1. The first-order valence-corrected chi connectivity index (χ1v) is 3.28. The van der Waals surface area contributed by atoms with Gasteiger partial charge < -0.3 is 10.5 Å². The number of hydrogen-bond donors (Lipinski definition) is 1. The van der Waals surface area contributed by atoms with E-state index in [0.29, 0.717) is 0 Å². The lowest BCUT2D eigenvalue weighted by atomic mass is 10.1. The summed E-state index contributed by atoms with van der Waals surface area (Å²) in [7, 11) is 1.63. The highest BCUT2D eigenvalue weighted by molar-refractivity contribution is 5.77. The predicted octanol–water partition coefficient (Wildman–Crippen LogP) is 0.522. The highest BCUT2D eigenvalue weighted by atomic mass is 16.5. The molecule has 3 nitrogen and oxygen atoms in total. The Morgan fingerprint density at radius 2 is 2.40 bits per heavy atom. The molecule has 0 amide bonds. The van der Waals surface area contributed by atoms with Gasteiger partial charge in [0.25, 0.3) is 0 Å². The van der Waals surface area contributed by atoms with Crippen LogP contribution in [0.1, 0.15) is 6.92 Å². The van der Waals surface area contributed by atoms with Crippen LogP contribution >= 0.6 is 0 Å². The molecular weight excluding hydrogens is 128 g/mol. The lowest BCUT2D eigenvalue weighted by Crippen LogP contribution is -2.27. The standard InChI is InChI=1S/C7H12N2O/c1-5-3-6(10-2)4-9-7(5)8/h3-5,7H,8H2,1-2H3. The van der Waals surface area contributed by atoms with Crippen LogP contribution in [0.25, 0.3) is 0 Å². The average molecular weight is 140 g/mol. The maximum absolute atomic E-state index is 5.60. The molecule has 0 saturated heterocycles. The first kappa shape index (κ1) is 7.28. The van der Waals surface area contributed by atoms with Crippen molar-refractivity contribution in [3.63, 3.8) is 0 Å². The Morgan fingerprint density at radius 3 is 2.90 bits per heavy atom. The van der Waals surface area contributed by atoms with Gasteiger partial charge in [-0.05, 0) is 6.08 Å². The maximum Gasteiger partial charge on any atom is 0.133 e. The number of allylic oxidation sites excluding steroid dienone is 1. The monoisotopic (exact) mass is 140 g/mol. The van der Waals surface area contributed by atoms with Gasteiger partial charge in [-0.3, -0.25) is 4.99 Å². The van der Waals surface area contributed by atoms with Gasteiger partial charge in [-0.1, -0.05) is 6.92 Å². The summed E-state index contributed by atoms with van der Waals surface area (Å²) < 4.78 is 4.97. The van der Waals surface area contributed by atoms with Gasteiger partial charge in [-0.15, -0.1) is 0 Å². The van der Waals surface area contributed by atoms with E-state index in [4.69, 9.17) is 10.5 Å². The third-order valence-corrected chi connectivity index (χ3v) is 1.58. The molecule has 0 aliphatic carbocycles. The van der Waals surface area contributed by atoms with E-state index in [9.17, 15) is 0 Å². The molecule has 0 saturated carbocycles. The molecule has 0 aromatic heterocycles. The molecule has 0 aromatic rings. The average Bonchev–Trinajstić information content (AvgIpc) is 1.95. The summed E-state index contributed by atoms with van der Waals surface area (Å²) in [5, 5.41) is 0. The van der Waals surface area contributed by atoms with Crippen LogP contribution in [0, 0.1) is 5.92 Å². The van der Waals surface area contributed by atoms with E-state index >= 15 is 0 Å². The minimum absolute atomic E-state index is 0.0982. The van der Waals surface area contributed by atoms with Crippen LogP contribution in [-0.2, 0) is 4.74 Å². The highest BCUT2D eigenvalue weighted by Gasteiger charge is 2.13. The zero-order chi connectivity index (χ0) is 7.56. The SMILES string of the molecule is COC1=CC(C)C(N)N=C1. The molecule has 1 aliphatic heterocycles. The van der Waals surface area contributed by atoms with E-state index in [2.05, 4.69) is 4.99 Å². The van der Waals surface area contributed by atoms with Crippen LogP contribution in [0.2, 0.25) is 0 Å². The topological polar surface area (TPSA) is 47.6 Å². The Bertz CT molecular complexity index is 174. The zero-order valence-electron chi connectivity index (χ0n) is 6.24. The highest BCUT2D eigenvalue weighted by Crippen LogP contribution is 2.11. The first-order chi connectivity index (χ1) is 4.74. The van der Waals surface area contributed by atoms with E-state index in [1.54, 1.807) is 13.3 Å². The van der Waals surface area contributed by atoms with Gasteiger partial charge in [0.05, 0.1) is 13.3 Å². The molecule has 0 aromatic carbocycles. The summed E-state index contributed by atoms with van der Waals surface area (Å²) in [6.07, 6.45) is 3.53. The molecular formula is C7H12N2O. The van der Waals surface area contributed by atoms with Crippen LogP contribution in [0.5, 0.6) is 0 Å². The van der Waals surface area contributed by atoms with Gasteiger partial charge in [-0.25, -0.2) is 0 Å². The van der Waals surface area contributed by atoms with Crippen molar-refractivity contribution >= 4 is 6.21 Å². The van der Waals surface area contributed by atoms with Crippen LogP contribution in [0.4, 0.5) is 0 Å². The van der Waals surface area contributed by atoms with Crippen LogP contribution in [-0.4, -0.2) is 19.5 Å². The molecule has 10 heavy (non-hydrogen) atoms. The quantitative estimate of drug-likeness (QED) is 0.577. The van der Waals surface area contributed by atoms with Gasteiger partial charge in [-0.2, -0.15) is 0 Å². The Morgan fingerprint density at radius 1 is 1.70 bits per heavy atom. The zero-order valence-corrected chi connectivity index (χ0v) is 6.24. The number of aliphatic imine (C=N–C) groups is 1. The number of hydrogen-bond acceptors (Lipinski definition) is 3. The Hall–Kier alpha value is -0.830. The number of dihydropyridines is 1. The second-order valence-corrected chi connectivity index (χ2v) is 2.40. The normalized spacial score (nSPS) is 31.7. The van der Waals surface area contributed by atoms with Crippen LogP contribution in [0.3, 0.4) is 0 Å². The van der Waals surface area contributed by atoms with Crippen molar-refractivity contribution in [2.24, 2.45) is 16.6 Å². The fraction of sp³-hybridized carbons (Fsp3) is 0.571. The summed E-state index contributed by atoms with van der Waals surface area (Å²) in [6.45, 7) is 2.01. The molecule has 0 bridgehead atoms. The third-order valence-electron chi connectivity index (χ3n) is 1.58. The van der Waals surface area contributed by atoms with Gasteiger partial charge in [0, 0.05) is 5.92 Å². The van der Waals surface area contributed by atoms with Crippen LogP contribution in [0.15, 0.2) is 16.8 Å². The smallest absolute Gasteiger partial charge is 0.133 e. The minimum Gasteiger partial charge on any atom is -0.495 e. The van der Waals surface area contributed by atoms with E-state index in [1.165, 1.54) is 0 Å². The number of nitrogens with two attached hydrogens (primary N) is 1. The van der Waals surface area contributed by atoms with Gasteiger partial charge >= 0.3 is 0 Å². The van der Waals surface area contributed by atoms with Crippen molar-refractivity contribution in [3.8, 4) is 0 Å². The van der Waals surface area contributed by atoms with Crippen molar-refractivity contribution in [2.45, 2.75) is 13.1 Å². The van der Waals surface area contributed by atoms with Gasteiger partial charge in [0.2, 0.25) is 0 Å². The van der Waals surface area contributed by atoms with E-state index in [0.717, 1.165) is 5.76 Å². The lowest BCUT2D eigenvalue weighted by Gasteiger charge is -2.16. The molecule has 56 valence electrons. The lowest BCUT2D eigenvalue weighted by molar-refractivity contribution is 0.307. The van der Waals surface area contributed by atoms with E-state index in [-0.39, 0.29) is 12.1 Å².